The summed E-state index contributed by atoms with van der Waals surface area (Å²) in [5, 5.41) is 15.5. The number of benzene rings is 4. The minimum atomic E-state index is -0.845. The van der Waals surface area contributed by atoms with Crippen LogP contribution >= 0.6 is 45.3 Å². The maximum absolute atomic E-state index is 12.1. The number of hydrogen-bond donors (Lipinski definition) is 1. The normalized spacial score (nSPS) is 19.0. The molecule has 3 aliphatic rings. The number of allylic oxidation sites excluding steroid dienone is 3. The van der Waals surface area contributed by atoms with E-state index in [4.69, 9.17) is 5.11 Å². The largest absolute Gasteiger partial charge is 2.00 e. The van der Waals surface area contributed by atoms with Crippen molar-refractivity contribution in [2.75, 3.05) is 0 Å². The molecule has 5 unspecified atom stereocenters. The summed E-state index contributed by atoms with van der Waals surface area (Å²) < 4.78 is 5.29. The molecule has 0 radical (unpaired) electrons. The number of Topliss-reactive ketones (excluding diaryl/α,β-unsaturated/α-hetero) is 2. The quantitative estimate of drug-likeness (QED) is 0.101. The van der Waals surface area contributed by atoms with Gasteiger partial charge in [0.2, 0.25) is 0 Å². The molecule has 0 saturated carbocycles. The Morgan fingerprint density at radius 2 is 1.09 bits per heavy atom. The van der Waals surface area contributed by atoms with Gasteiger partial charge < -0.3 is 29.5 Å². The fourth-order valence-electron chi connectivity index (χ4n) is 8.23. The minimum Gasteiger partial charge on any atom is -1.00 e. The number of rotatable bonds is 1. The Labute approximate surface area is 421 Å². The van der Waals surface area contributed by atoms with Gasteiger partial charge in [0.05, 0.1) is 4.88 Å². The molecule has 0 amide bonds. The van der Waals surface area contributed by atoms with Crippen molar-refractivity contribution in [1.29, 1.82) is 0 Å². The van der Waals surface area contributed by atoms with Gasteiger partial charge in [-0.25, -0.2) is 4.79 Å². The molecule has 4 aromatic heterocycles. The average Bonchev–Trinajstić information content (AvgIpc) is 4.15. The zero-order valence-corrected chi connectivity index (χ0v) is 44.5. The summed E-state index contributed by atoms with van der Waals surface area (Å²) in [7, 11) is 0. The zero-order valence-electron chi connectivity index (χ0n) is 38.2. The summed E-state index contributed by atoms with van der Waals surface area (Å²) in [6.07, 6.45) is 1.56. The van der Waals surface area contributed by atoms with Gasteiger partial charge in [0.25, 0.3) is 0 Å². The molecule has 0 saturated heterocycles. The maximum atomic E-state index is 12.1. The van der Waals surface area contributed by atoms with Gasteiger partial charge in [0.15, 0.2) is 11.6 Å². The summed E-state index contributed by atoms with van der Waals surface area (Å²) in [6, 6.07) is 35.8. The van der Waals surface area contributed by atoms with Crippen LogP contribution in [0, 0.1) is 19.3 Å². The molecule has 0 fully saturated rings. The minimum absolute atomic E-state index is 0. The van der Waals surface area contributed by atoms with Crippen molar-refractivity contribution in [2.24, 2.45) is 11.8 Å². The van der Waals surface area contributed by atoms with E-state index >= 15 is 0 Å². The van der Waals surface area contributed by atoms with Crippen molar-refractivity contribution in [3.63, 3.8) is 0 Å². The predicted octanol–water partition coefficient (Wildman–Crippen LogP) is 13.5. The van der Waals surface area contributed by atoms with E-state index in [1.807, 2.05) is 43.4 Å². The standard InChI is InChI=1S/C14H14S.2C13H12OS.C8H6S.C5H8O2.CH3.BrH.Mg/c1-8-9(2)13-11-6-4-5-7-12(11)15-14(13)10(8)3;1-7-8(2)13-11(12(7)14)9-5-3-4-6-10(9)15-13;1-7-8(2)12(14)13-11(7)9-5-3-4-6-10(9)15-13;1-2-4-8-7(3-1)5-6-9-8;1-3-4(2)5(6)7;;;/h4-7,9H,1-3H3;2*3-8H,1-2H3;1-6H;3H,1-2H3,(H,6,7);1H3;1H;/q;;;;;-1;;+2/p-1/b;;;;4-3+;;;. The molecule has 1 N–H and O–H groups in total. The van der Waals surface area contributed by atoms with E-state index in [0.29, 0.717) is 34.9 Å². The number of carbonyl (C=O) groups excluding carboxylic acids is 2. The van der Waals surface area contributed by atoms with Crippen molar-refractivity contribution in [2.45, 2.75) is 80.1 Å². The fourth-order valence-corrected chi connectivity index (χ4v) is 13.1. The summed E-state index contributed by atoms with van der Waals surface area (Å²) >= 11 is 7.17. The second kappa shape index (κ2) is 22.6. The van der Waals surface area contributed by atoms with E-state index in [9.17, 15) is 14.4 Å². The molecule has 4 nitrogen and oxygen atoms in total. The van der Waals surface area contributed by atoms with Gasteiger partial charge in [-0.2, -0.15) is 0 Å². The van der Waals surface area contributed by atoms with E-state index < -0.39 is 5.97 Å². The molecule has 3 aliphatic carbocycles. The molecule has 0 aliphatic heterocycles. The van der Waals surface area contributed by atoms with E-state index in [0.717, 1.165) is 15.8 Å². The second-order valence-corrected chi connectivity index (χ2v) is 20.3. The Kier molecular flexibility index (Phi) is 18.7. The van der Waals surface area contributed by atoms with E-state index in [1.54, 1.807) is 65.1 Å². The Balaban J connectivity index is 0.000000178. The predicted molar refractivity (Wildman–Crippen MR) is 277 cm³/mol. The Bertz CT molecular complexity index is 2960. The van der Waals surface area contributed by atoms with Crippen molar-refractivity contribution >= 4 is 132 Å². The molecule has 11 rings (SSSR count). The molecule has 0 spiro atoms. The van der Waals surface area contributed by atoms with E-state index in [-0.39, 0.29) is 59.3 Å². The smallest absolute Gasteiger partial charge is 1.00 e. The van der Waals surface area contributed by atoms with Crippen LogP contribution in [0.15, 0.2) is 126 Å². The topological polar surface area (TPSA) is 71.4 Å². The summed E-state index contributed by atoms with van der Waals surface area (Å²) in [5.74, 6) is 1.52. The number of aliphatic carboxylic acids is 1. The van der Waals surface area contributed by atoms with Crippen molar-refractivity contribution in [3.05, 3.63) is 164 Å². The number of thiophene rings is 4. The van der Waals surface area contributed by atoms with Crippen molar-refractivity contribution in [1.82, 2.24) is 0 Å². The first kappa shape index (κ1) is 52.9. The van der Waals surface area contributed by atoms with Crippen LogP contribution in [0.4, 0.5) is 0 Å². The van der Waals surface area contributed by atoms with Gasteiger partial charge in [-0.3, -0.25) is 9.59 Å². The second-order valence-electron chi connectivity index (χ2n) is 16.2. The number of halogens is 1. The molecular weight excluding hydrogens is 945 g/mol. The Morgan fingerprint density at radius 3 is 1.64 bits per heavy atom. The number of hydrogen-bond acceptors (Lipinski definition) is 7. The third kappa shape index (κ3) is 10.3. The van der Waals surface area contributed by atoms with Crippen molar-refractivity contribution < 1.29 is 36.5 Å². The molecule has 0 bridgehead atoms. The van der Waals surface area contributed by atoms with Crippen LogP contribution in [-0.2, 0) is 4.79 Å². The zero-order chi connectivity index (χ0) is 43.7. The Morgan fingerprint density at radius 1 is 0.609 bits per heavy atom. The van der Waals surface area contributed by atoms with Gasteiger partial charge in [0, 0.05) is 68.7 Å². The molecule has 8 aromatic rings. The molecule has 328 valence electrons. The number of ketones is 2. The molecule has 64 heavy (non-hydrogen) atoms. The SMILES string of the molecule is C/C=C(\C)C(=O)O.CC1=C(C)C(C)c2c1sc1ccccc21.CC1C(=O)c2c(sc3ccccc23)C1C.CC1C(=O)c2sc3ccccc3c2C1C.[Br-].[CH3-].[Mg+2].c1ccc2sccc2c1. The third-order valence-electron chi connectivity index (χ3n) is 12.7. The number of carbonyl (C=O) groups is 3. The van der Waals surface area contributed by atoms with Gasteiger partial charge >= 0.3 is 29.0 Å². The first-order valence-corrected chi connectivity index (χ1v) is 24.2. The molecular formula is C54H55BrMgO4S4. The summed E-state index contributed by atoms with van der Waals surface area (Å²) in [5.41, 5.74) is 7.27. The Hall–Kier alpha value is -3.74. The maximum Gasteiger partial charge on any atom is 2.00 e. The van der Waals surface area contributed by atoms with E-state index in [1.165, 1.54) is 55.8 Å². The van der Waals surface area contributed by atoms with Gasteiger partial charge in [-0.15, -0.1) is 45.3 Å². The van der Waals surface area contributed by atoms with Gasteiger partial charge in [-0.1, -0.05) is 119 Å². The van der Waals surface area contributed by atoms with Crippen LogP contribution in [0.3, 0.4) is 0 Å². The van der Waals surface area contributed by atoms with Crippen LogP contribution in [0.1, 0.15) is 121 Å². The number of fused-ring (bicyclic) bond motifs is 10. The molecule has 5 atom stereocenters. The van der Waals surface area contributed by atoms with Gasteiger partial charge in [-0.05, 0) is 102 Å². The van der Waals surface area contributed by atoms with Crippen LogP contribution in [0.2, 0.25) is 0 Å². The van der Waals surface area contributed by atoms with Gasteiger partial charge in [0.1, 0.15) is 0 Å². The van der Waals surface area contributed by atoms with Crippen LogP contribution in [0.5, 0.6) is 0 Å². The molecule has 4 heterocycles. The number of carboxylic acids is 1. The monoisotopic (exact) mass is 998 g/mol. The first-order valence-electron chi connectivity index (χ1n) is 20.8. The fraction of sp³-hybridized carbons (Fsp3) is 0.259. The molecule has 4 aromatic carbocycles. The van der Waals surface area contributed by atoms with E-state index in [2.05, 4.69) is 125 Å². The first-order chi connectivity index (χ1) is 29.2. The van der Waals surface area contributed by atoms with Crippen LogP contribution in [-0.4, -0.2) is 45.7 Å². The molecule has 10 heteroatoms. The summed E-state index contributed by atoms with van der Waals surface area (Å²) in [6.45, 7) is 18.5. The summed E-state index contributed by atoms with van der Waals surface area (Å²) in [4.78, 5) is 37.7. The van der Waals surface area contributed by atoms with Crippen LogP contribution < -0.4 is 17.0 Å². The van der Waals surface area contributed by atoms with Crippen LogP contribution in [0.25, 0.3) is 45.9 Å². The third-order valence-corrected chi connectivity index (χ3v) is 17.5. The number of carboxylic acid groups (broad SMARTS) is 1. The van der Waals surface area contributed by atoms with Crippen molar-refractivity contribution in [3.8, 4) is 0 Å². The average molecular weight is 1000 g/mol.